The number of rotatable bonds is 4. The van der Waals surface area contributed by atoms with Gasteiger partial charge >= 0.3 is 0 Å². The summed E-state index contributed by atoms with van der Waals surface area (Å²) in [6, 6.07) is 8.64. The van der Waals surface area contributed by atoms with E-state index in [4.69, 9.17) is 4.74 Å². The molecule has 3 rings (SSSR count). The summed E-state index contributed by atoms with van der Waals surface area (Å²) < 4.78 is 33.3. The monoisotopic (exact) mass is 314 g/mol. The fraction of sp³-hybridized carbons (Fsp3) is 0.300. The van der Waals surface area contributed by atoms with Crippen molar-refractivity contribution in [1.82, 2.24) is 0 Å². The van der Waals surface area contributed by atoms with Crippen molar-refractivity contribution >= 4 is 11.6 Å². The van der Waals surface area contributed by atoms with Crippen molar-refractivity contribution in [2.45, 2.75) is 32.6 Å². The molecule has 0 saturated heterocycles. The van der Waals surface area contributed by atoms with Crippen LogP contribution in [0.2, 0.25) is 0 Å². The van der Waals surface area contributed by atoms with Gasteiger partial charge in [0.2, 0.25) is 0 Å². The van der Waals surface area contributed by atoms with E-state index in [2.05, 4.69) is 6.92 Å². The Morgan fingerprint density at radius 1 is 1.04 bits per heavy atom. The number of hydrogen-bond acceptors (Lipinski definition) is 1. The Labute approximate surface area is 135 Å². The molecule has 0 N–H and O–H groups in total. The minimum Gasteiger partial charge on any atom is -0.494 e. The van der Waals surface area contributed by atoms with Gasteiger partial charge < -0.3 is 4.74 Å². The molecule has 2 aromatic rings. The van der Waals surface area contributed by atoms with Gasteiger partial charge in [0, 0.05) is 5.56 Å². The Balaban J connectivity index is 1.97. The first-order valence-corrected chi connectivity index (χ1v) is 7.98. The highest BCUT2D eigenvalue weighted by atomic mass is 19.1. The number of aryl methyl sites for hydroxylation is 2. The summed E-state index contributed by atoms with van der Waals surface area (Å²) >= 11 is 0. The van der Waals surface area contributed by atoms with Gasteiger partial charge in [0.15, 0.2) is 11.6 Å². The van der Waals surface area contributed by atoms with Crippen molar-refractivity contribution in [3.63, 3.8) is 0 Å². The summed E-state index contributed by atoms with van der Waals surface area (Å²) in [5.41, 5.74) is 4.40. The summed E-state index contributed by atoms with van der Waals surface area (Å²) in [4.78, 5) is 0. The van der Waals surface area contributed by atoms with E-state index < -0.39 is 0 Å². The Hall–Kier alpha value is -2.16. The highest BCUT2D eigenvalue weighted by Gasteiger charge is 2.17. The first kappa shape index (κ1) is 15.7. The van der Waals surface area contributed by atoms with Crippen LogP contribution in [0.4, 0.5) is 8.78 Å². The van der Waals surface area contributed by atoms with Crippen LogP contribution in [0.3, 0.4) is 0 Å². The fourth-order valence-electron chi connectivity index (χ4n) is 3.12. The lowest BCUT2D eigenvalue weighted by molar-refractivity contribution is 0.386. The zero-order chi connectivity index (χ0) is 16.4. The zero-order valence-electron chi connectivity index (χ0n) is 13.5. The standard InChI is InChI=1S/C20H20F2O/c1-3-4-13-5-8-17(18(21)9-13)15-7-6-14-12-20(23-2)19(22)11-16(14)10-15/h5,8-12H,3-4,6-7H2,1-2H3. The van der Waals surface area contributed by atoms with Gasteiger partial charge in [-0.2, -0.15) is 0 Å². The number of allylic oxidation sites excluding steroid dienone is 1. The number of ether oxygens (including phenoxy) is 1. The molecule has 2 aromatic carbocycles. The highest BCUT2D eigenvalue weighted by molar-refractivity contribution is 5.84. The van der Waals surface area contributed by atoms with Gasteiger partial charge in [-0.05, 0) is 59.7 Å². The van der Waals surface area contributed by atoms with Crippen LogP contribution in [0.1, 0.15) is 42.0 Å². The van der Waals surface area contributed by atoms with Gasteiger partial charge in [-0.1, -0.05) is 31.6 Å². The summed E-state index contributed by atoms with van der Waals surface area (Å²) in [5.74, 6) is -0.321. The van der Waals surface area contributed by atoms with Gasteiger partial charge in [0.25, 0.3) is 0 Å². The number of methoxy groups -OCH3 is 1. The van der Waals surface area contributed by atoms with Crippen LogP contribution in [0.15, 0.2) is 30.3 Å². The molecule has 0 radical (unpaired) electrons. The smallest absolute Gasteiger partial charge is 0.165 e. The molecule has 0 spiro atoms. The number of fused-ring (bicyclic) bond motifs is 1. The van der Waals surface area contributed by atoms with Gasteiger partial charge in [-0.15, -0.1) is 0 Å². The van der Waals surface area contributed by atoms with E-state index in [0.717, 1.165) is 47.9 Å². The van der Waals surface area contributed by atoms with Crippen LogP contribution in [0, 0.1) is 11.6 Å². The second kappa shape index (κ2) is 6.53. The van der Waals surface area contributed by atoms with E-state index in [9.17, 15) is 8.78 Å². The minimum absolute atomic E-state index is 0.195. The third-order valence-electron chi connectivity index (χ3n) is 4.33. The van der Waals surface area contributed by atoms with Crippen LogP contribution in [-0.4, -0.2) is 7.11 Å². The van der Waals surface area contributed by atoms with Gasteiger partial charge in [-0.25, -0.2) is 8.78 Å². The molecular formula is C20H20F2O. The van der Waals surface area contributed by atoms with Crippen LogP contribution >= 0.6 is 0 Å². The molecule has 120 valence electrons. The third kappa shape index (κ3) is 3.14. The SMILES string of the molecule is CCCc1ccc(C2=Cc3cc(F)c(OC)cc3CC2)c(F)c1. The third-order valence-corrected chi connectivity index (χ3v) is 4.33. The largest absolute Gasteiger partial charge is 0.494 e. The molecule has 0 fully saturated rings. The molecule has 1 aliphatic carbocycles. The zero-order valence-corrected chi connectivity index (χ0v) is 13.5. The molecule has 1 aliphatic rings. The van der Waals surface area contributed by atoms with Crippen LogP contribution in [0.25, 0.3) is 11.6 Å². The van der Waals surface area contributed by atoms with Crippen molar-refractivity contribution in [2.75, 3.05) is 7.11 Å². The molecule has 0 unspecified atom stereocenters. The molecule has 0 saturated carbocycles. The maximum atomic E-state index is 14.4. The van der Waals surface area contributed by atoms with Gasteiger partial charge in [0.1, 0.15) is 5.82 Å². The molecule has 0 bridgehead atoms. The predicted molar refractivity (Wildman–Crippen MR) is 89.5 cm³/mol. The second-order valence-electron chi connectivity index (χ2n) is 5.92. The van der Waals surface area contributed by atoms with Crippen molar-refractivity contribution in [3.8, 4) is 5.75 Å². The molecular weight excluding hydrogens is 294 g/mol. The minimum atomic E-state index is -0.387. The maximum Gasteiger partial charge on any atom is 0.165 e. The van der Waals surface area contributed by atoms with E-state index in [0.29, 0.717) is 5.56 Å². The van der Waals surface area contributed by atoms with Crippen molar-refractivity contribution in [3.05, 3.63) is 64.2 Å². The van der Waals surface area contributed by atoms with Crippen molar-refractivity contribution in [2.24, 2.45) is 0 Å². The number of hydrogen-bond donors (Lipinski definition) is 0. The molecule has 1 nitrogen and oxygen atoms in total. The topological polar surface area (TPSA) is 9.23 Å². The van der Waals surface area contributed by atoms with Gasteiger partial charge in [-0.3, -0.25) is 0 Å². The Morgan fingerprint density at radius 2 is 1.87 bits per heavy atom. The van der Waals surface area contributed by atoms with E-state index in [1.165, 1.54) is 13.2 Å². The van der Waals surface area contributed by atoms with Crippen LogP contribution < -0.4 is 4.74 Å². The van der Waals surface area contributed by atoms with E-state index in [1.807, 2.05) is 18.2 Å². The molecule has 0 heterocycles. The molecule has 0 amide bonds. The fourth-order valence-corrected chi connectivity index (χ4v) is 3.12. The van der Waals surface area contributed by atoms with E-state index >= 15 is 0 Å². The Morgan fingerprint density at radius 3 is 2.57 bits per heavy atom. The summed E-state index contributed by atoms with van der Waals surface area (Å²) in [6.07, 6.45) is 5.26. The lowest BCUT2D eigenvalue weighted by Crippen LogP contribution is -2.03. The van der Waals surface area contributed by atoms with E-state index in [1.54, 1.807) is 12.1 Å². The number of benzene rings is 2. The van der Waals surface area contributed by atoms with Crippen LogP contribution in [-0.2, 0) is 12.8 Å². The van der Waals surface area contributed by atoms with Gasteiger partial charge in [0.05, 0.1) is 7.11 Å². The lowest BCUT2D eigenvalue weighted by atomic mass is 9.88. The van der Waals surface area contributed by atoms with Crippen LogP contribution in [0.5, 0.6) is 5.75 Å². The Bertz CT molecular complexity index is 762. The molecule has 3 heteroatoms. The molecule has 23 heavy (non-hydrogen) atoms. The average molecular weight is 314 g/mol. The van der Waals surface area contributed by atoms with Crippen molar-refractivity contribution < 1.29 is 13.5 Å². The summed E-state index contributed by atoms with van der Waals surface area (Å²) in [5, 5.41) is 0. The average Bonchev–Trinajstić information content (AvgIpc) is 2.54. The summed E-state index contributed by atoms with van der Waals surface area (Å²) in [7, 11) is 1.46. The lowest BCUT2D eigenvalue weighted by Gasteiger charge is -2.18. The van der Waals surface area contributed by atoms with Crippen molar-refractivity contribution in [1.29, 1.82) is 0 Å². The predicted octanol–water partition coefficient (Wildman–Crippen LogP) is 5.41. The Kier molecular flexibility index (Phi) is 4.46. The highest BCUT2D eigenvalue weighted by Crippen LogP contribution is 2.34. The first-order valence-electron chi connectivity index (χ1n) is 7.98. The maximum absolute atomic E-state index is 14.4. The molecule has 0 aromatic heterocycles. The normalized spacial score (nSPS) is 13.5. The quantitative estimate of drug-likeness (QED) is 0.733. The second-order valence-corrected chi connectivity index (χ2v) is 5.92. The van der Waals surface area contributed by atoms with E-state index in [-0.39, 0.29) is 17.4 Å². The first-order chi connectivity index (χ1) is 11.1. The summed E-state index contributed by atoms with van der Waals surface area (Å²) in [6.45, 7) is 2.08. The molecule has 0 atom stereocenters. The molecule has 0 aliphatic heterocycles. The number of halogens is 2.